The molecule has 4 rings (SSSR count). The van der Waals surface area contributed by atoms with Crippen molar-refractivity contribution in [2.45, 2.75) is 26.3 Å². The molecule has 1 fully saturated rings. The van der Waals surface area contributed by atoms with Crippen molar-refractivity contribution in [3.63, 3.8) is 0 Å². The molecular weight excluding hydrogens is 431 g/mol. The molecule has 1 aliphatic rings. The number of carbonyl (C=O) groups excluding carboxylic acids is 3. The summed E-state index contributed by atoms with van der Waals surface area (Å²) in [7, 11) is 0. The third kappa shape index (κ3) is 3.99. The van der Waals surface area contributed by atoms with Crippen LogP contribution >= 0.6 is 11.3 Å². The van der Waals surface area contributed by atoms with E-state index in [0.29, 0.717) is 10.7 Å². The zero-order valence-electron chi connectivity index (χ0n) is 17.7. The third-order valence-electron chi connectivity index (χ3n) is 5.41. The lowest BCUT2D eigenvalue weighted by molar-refractivity contribution is -0.133. The van der Waals surface area contributed by atoms with Crippen LogP contribution in [0, 0.1) is 19.7 Å². The Bertz CT molecular complexity index is 1220. The minimum atomic E-state index is -1.37. The number of aromatic nitrogens is 1. The summed E-state index contributed by atoms with van der Waals surface area (Å²) in [6.07, 6.45) is 0. The first-order valence-electron chi connectivity index (χ1n) is 9.90. The smallest absolute Gasteiger partial charge is 0.319 e. The average Bonchev–Trinajstić information content (AvgIpc) is 3.27. The Kier molecular flexibility index (Phi) is 5.52. The molecule has 4 amide bonds. The molecule has 1 aromatic heterocycles. The maximum atomic E-state index is 13.2. The summed E-state index contributed by atoms with van der Waals surface area (Å²) in [5, 5.41) is 7.46. The highest BCUT2D eigenvalue weighted by Crippen LogP contribution is 2.30. The van der Waals surface area contributed by atoms with E-state index in [-0.39, 0.29) is 0 Å². The predicted molar refractivity (Wildman–Crippen MR) is 120 cm³/mol. The summed E-state index contributed by atoms with van der Waals surface area (Å²) in [6, 6.07) is 10.6. The number of amides is 4. The molecule has 0 bridgehead atoms. The van der Waals surface area contributed by atoms with Gasteiger partial charge in [-0.15, -0.1) is 11.3 Å². The number of rotatable bonds is 5. The number of carbonyl (C=O) groups is 3. The number of hydrogen-bond acceptors (Lipinski definition) is 5. The molecule has 9 heteroatoms. The molecule has 1 saturated heterocycles. The molecule has 164 valence electrons. The lowest BCUT2D eigenvalue weighted by Gasteiger charge is -2.22. The SMILES string of the molecule is Cc1ccc(-c2csc(NC(=O)CN3C(=O)NC(C)(c4ccc(F)cc4)C3=O)n2)c(C)c1. The van der Waals surface area contributed by atoms with Crippen LogP contribution in [0.1, 0.15) is 23.6 Å². The zero-order chi connectivity index (χ0) is 23.0. The van der Waals surface area contributed by atoms with Crippen molar-refractivity contribution in [1.82, 2.24) is 15.2 Å². The van der Waals surface area contributed by atoms with E-state index in [4.69, 9.17) is 0 Å². The molecule has 2 N–H and O–H groups in total. The van der Waals surface area contributed by atoms with Crippen LogP contribution in [0.4, 0.5) is 14.3 Å². The topological polar surface area (TPSA) is 91.4 Å². The fourth-order valence-electron chi connectivity index (χ4n) is 3.68. The van der Waals surface area contributed by atoms with Crippen molar-refractivity contribution >= 4 is 34.3 Å². The third-order valence-corrected chi connectivity index (χ3v) is 6.16. The summed E-state index contributed by atoms with van der Waals surface area (Å²) in [5.41, 5.74) is 2.99. The molecule has 0 aliphatic carbocycles. The van der Waals surface area contributed by atoms with Crippen molar-refractivity contribution in [1.29, 1.82) is 0 Å². The van der Waals surface area contributed by atoms with Gasteiger partial charge in [0.1, 0.15) is 17.9 Å². The number of hydrogen-bond donors (Lipinski definition) is 2. The maximum absolute atomic E-state index is 13.2. The summed E-state index contributed by atoms with van der Waals surface area (Å²) in [6.45, 7) is 5.07. The largest absolute Gasteiger partial charge is 0.325 e. The monoisotopic (exact) mass is 452 g/mol. The second-order valence-electron chi connectivity index (χ2n) is 7.86. The first kappa shape index (κ1) is 21.6. The Labute approximate surface area is 188 Å². The van der Waals surface area contributed by atoms with E-state index in [1.54, 1.807) is 0 Å². The van der Waals surface area contributed by atoms with Crippen LogP contribution in [-0.4, -0.2) is 34.3 Å². The number of nitrogens with one attached hydrogen (secondary N) is 2. The van der Waals surface area contributed by atoms with E-state index in [1.165, 1.54) is 42.5 Å². The summed E-state index contributed by atoms with van der Waals surface area (Å²) >= 11 is 1.26. The highest BCUT2D eigenvalue weighted by atomic mass is 32.1. The minimum absolute atomic E-state index is 0.373. The van der Waals surface area contributed by atoms with Gasteiger partial charge in [-0.2, -0.15) is 0 Å². The minimum Gasteiger partial charge on any atom is -0.319 e. The van der Waals surface area contributed by atoms with E-state index in [2.05, 4.69) is 21.7 Å². The second-order valence-corrected chi connectivity index (χ2v) is 8.72. The number of halogens is 1. The molecule has 0 radical (unpaired) electrons. The van der Waals surface area contributed by atoms with E-state index in [9.17, 15) is 18.8 Å². The number of benzene rings is 2. The Hall–Kier alpha value is -3.59. The van der Waals surface area contributed by atoms with Gasteiger partial charge in [-0.1, -0.05) is 35.9 Å². The average molecular weight is 453 g/mol. The standard InChI is InChI=1S/C23H21FN4O3S/c1-13-4-9-17(14(2)10-13)18-12-32-21(25-18)26-19(29)11-28-20(30)23(3,27-22(28)31)15-5-7-16(24)8-6-15/h4-10,12H,11H2,1-3H3,(H,27,31)(H,25,26,29). The quantitative estimate of drug-likeness (QED) is 0.573. The molecule has 32 heavy (non-hydrogen) atoms. The zero-order valence-corrected chi connectivity index (χ0v) is 18.5. The van der Waals surface area contributed by atoms with Crippen molar-refractivity contribution in [3.05, 3.63) is 70.4 Å². The molecule has 1 atom stereocenters. The first-order chi connectivity index (χ1) is 15.2. The number of nitrogens with zero attached hydrogens (tertiary/aromatic N) is 2. The molecule has 1 unspecified atom stereocenters. The molecule has 7 nitrogen and oxygen atoms in total. The van der Waals surface area contributed by atoms with Gasteiger partial charge in [-0.25, -0.2) is 14.2 Å². The van der Waals surface area contributed by atoms with Crippen molar-refractivity contribution < 1.29 is 18.8 Å². The summed E-state index contributed by atoms with van der Waals surface area (Å²) < 4.78 is 13.2. The van der Waals surface area contributed by atoms with Gasteiger partial charge in [0.15, 0.2) is 5.13 Å². The van der Waals surface area contributed by atoms with Gasteiger partial charge >= 0.3 is 6.03 Å². The van der Waals surface area contributed by atoms with Crippen molar-refractivity contribution in [3.8, 4) is 11.3 Å². The molecule has 1 aliphatic heterocycles. The van der Waals surface area contributed by atoms with Crippen LogP contribution < -0.4 is 10.6 Å². The van der Waals surface area contributed by atoms with Crippen LogP contribution in [0.15, 0.2) is 47.8 Å². The Balaban J connectivity index is 1.45. The second kappa shape index (κ2) is 8.16. The number of aryl methyl sites for hydroxylation is 2. The van der Waals surface area contributed by atoms with Gasteiger partial charge in [-0.05, 0) is 44.0 Å². The highest BCUT2D eigenvalue weighted by Gasteiger charge is 2.49. The fourth-order valence-corrected chi connectivity index (χ4v) is 4.40. The van der Waals surface area contributed by atoms with Gasteiger partial charge in [0.2, 0.25) is 5.91 Å². The van der Waals surface area contributed by atoms with Crippen LogP contribution in [0.25, 0.3) is 11.3 Å². The van der Waals surface area contributed by atoms with Crippen LogP contribution in [0.3, 0.4) is 0 Å². The molecule has 2 heterocycles. The van der Waals surface area contributed by atoms with Crippen LogP contribution in [-0.2, 0) is 15.1 Å². The predicted octanol–water partition coefficient (Wildman–Crippen LogP) is 3.97. The lowest BCUT2D eigenvalue weighted by Crippen LogP contribution is -2.42. The number of thiazole rings is 1. The fraction of sp³-hybridized carbons (Fsp3) is 0.217. The Morgan fingerprint density at radius 3 is 2.59 bits per heavy atom. The van der Waals surface area contributed by atoms with Gasteiger partial charge < -0.3 is 10.6 Å². The van der Waals surface area contributed by atoms with Gasteiger partial charge in [0.25, 0.3) is 5.91 Å². The first-order valence-corrected chi connectivity index (χ1v) is 10.8. The molecule has 0 spiro atoms. The van der Waals surface area contributed by atoms with E-state index in [0.717, 1.165) is 27.3 Å². The Morgan fingerprint density at radius 2 is 1.91 bits per heavy atom. The molecule has 2 aromatic carbocycles. The van der Waals surface area contributed by atoms with Crippen LogP contribution in [0.5, 0.6) is 0 Å². The number of anilines is 1. The lowest BCUT2D eigenvalue weighted by atomic mass is 9.92. The van der Waals surface area contributed by atoms with Gasteiger partial charge in [0, 0.05) is 10.9 Å². The molecule has 0 saturated carbocycles. The summed E-state index contributed by atoms with van der Waals surface area (Å²) in [5.74, 6) is -1.58. The van der Waals surface area contributed by atoms with E-state index < -0.39 is 35.7 Å². The number of urea groups is 1. The summed E-state index contributed by atoms with van der Waals surface area (Å²) in [4.78, 5) is 43.2. The van der Waals surface area contributed by atoms with E-state index >= 15 is 0 Å². The van der Waals surface area contributed by atoms with Gasteiger partial charge in [0.05, 0.1) is 5.69 Å². The Morgan fingerprint density at radius 1 is 1.19 bits per heavy atom. The maximum Gasteiger partial charge on any atom is 0.325 e. The van der Waals surface area contributed by atoms with E-state index in [1.807, 2.05) is 31.4 Å². The molecule has 3 aromatic rings. The van der Waals surface area contributed by atoms with Crippen molar-refractivity contribution in [2.75, 3.05) is 11.9 Å². The van der Waals surface area contributed by atoms with Crippen molar-refractivity contribution in [2.24, 2.45) is 0 Å². The normalized spacial score (nSPS) is 18.1. The number of imide groups is 1. The molecular formula is C23H21FN4O3S. The van der Waals surface area contributed by atoms with Crippen LogP contribution in [0.2, 0.25) is 0 Å². The highest BCUT2D eigenvalue weighted by molar-refractivity contribution is 7.14. The van der Waals surface area contributed by atoms with Gasteiger partial charge in [-0.3, -0.25) is 14.5 Å².